The van der Waals surface area contributed by atoms with Gasteiger partial charge < -0.3 is 4.74 Å². The average Bonchev–Trinajstić information content (AvgIpc) is 2.43. The van der Waals surface area contributed by atoms with Gasteiger partial charge in [0.15, 0.2) is 0 Å². The molecule has 0 saturated heterocycles. The van der Waals surface area contributed by atoms with Gasteiger partial charge in [-0.25, -0.2) is 0 Å². The molecule has 0 unspecified atom stereocenters. The average molecular weight is 306 g/mol. The van der Waals surface area contributed by atoms with Gasteiger partial charge in [0, 0.05) is 28.7 Å². The molecule has 6 nitrogen and oxygen atoms in total. The fourth-order valence-corrected chi connectivity index (χ4v) is 2.71. The lowest BCUT2D eigenvalue weighted by Crippen LogP contribution is -2.13. The second-order valence-electron chi connectivity index (χ2n) is 4.59. The van der Waals surface area contributed by atoms with Gasteiger partial charge in [-0.05, 0) is 26.0 Å². The normalized spacial score (nSPS) is 10.8. The van der Waals surface area contributed by atoms with Gasteiger partial charge in [-0.3, -0.25) is 19.9 Å². The molecule has 1 aromatic heterocycles. The van der Waals surface area contributed by atoms with E-state index in [0.29, 0.717) is 10.8 Å². The van der Waals surface area contributed by atoms with E-state index >= 15 is 0 Å². The number of esters is 1. The monoisotopic (exact) mass is 306 g/mol. The summed E-state index contributed by atoms with van der Waals surface area (Å²) in [5.74, 6) is -0.150. The highest BCUT2D eigenvalue weighted by Gasteiger charge is 2.15. The van der Waals surface area contributed by atoms with Crippen molar-refractivity contribution in [2.24, 2.45) is 0 Å². The van der Waals surface area contributed by atoms with Crippen molar-refractivity contribution in [1.82, 2.24) is 4.98 Å². The van der Waals surface area contributed by atoms with Crippen LogP contribution < -0.4 is 0 Å². The number of non-ortho nitro benzene ring substituents is 1. The van der Waals surface area contributed by atoms with Gasteiger partial charge in [0.1, 0.15) is 0 Å². The van der Waals surface area contributed by atoms with Crippen molar-refractivity contribution in [3.05, 3.63) is 40.7 Å². The molecule has 0 saturated carbocycles. The summed E-state index contributed by atoms with van der Waals surface area (Å²) in [5, 5.41) is 12.2. The van der Waals surface area contributed by atoms with E-state index in [1.165, 1.54) is 24.0 Å². The van der Waals surface area contributed by atoms with Crippen molar-refractivity contribution >= 4 is 34.2 Å². The zero-order chi connectivity index (χ0) is 15.4. The van der Waals surface area contributed by atoms with Crippen LogP contribution in [0.1, 0.15) is 13.8 Å². The van der Waals surface area contributed by atoms with E-state index in [0.717, 1.165) is 4.90 Å². The molecule has 0 spiro atoms. The van der Waals surface area contributed by atoms with Gasteiger partial charge >= 0.3 is 5.97 Å². The van der Waals surface area contributed by atoms with Crippen molar-refractivity contribution in [2.75, 3.05) is 5.75 Å². The summed E-state index contributed by atoms with van der Waals surface area (Å²) in [7, 11) is 0. The Balaban J connectivity index is 2.27. The minimum atomic E-state index is -0.439. The maximum absolute atomic E-state index is 11.6. The third kappa shape index (κ3) is 3.69. The number of aromatic nitrogens is 1. The number of hydrogen-bond donors (Lipinski definition) is 0. The number of pyridine rings is 1. The summed E-state index contributed by atoms with van der Waals surface area (Å²) in [6.45, 7) is 3.57. The van der Waals surface area contributed by atoms with Crippen LogP contribution in [0.5, 0.6) is 0 Å². The molecular weight excluding hydrogens is 292 g/mol. The van der Waals surface area contributed by atoms with E-state index in [1.54, 1.807) is 32.2 Å². The van der Waals surface area contributed by atoms with Crippen molar-refractivity contribution < 1.29 is 14.5 Å². The third-order valence-corrected chi connectivity index (χ3v) is 3.71. The van der Waals surface area contributed by atoms with Gasteiger partial charge in [-0.15, -0.1) is 11.8 Å². The summed E-state index contributed by atoms with van der Waals surface area (Å²) >= 11 is 1.30. The quantitative estimate of drug-likeness (QED) is 0.365. The van der Waals surface area contributed by atoms with Crippen molar-refractivity contribution in [1.29, 1.82) is 0 Å². The highest BCUT2D eigenvalue weighted by Crippen LogP contribution is 2.33. The fourth-order valence-electron chi connectivity index (χ4n) is 1.87. The lowest BCUT2D eigenvalue weighted by molar-refractivity contribution is -0.383. The lowest BCUT2D eigenvalue weighted by atomic mass is 10.1. The molecule has 0 aliphatic carbocycles. The lowest BCUT2D eigenvalue weighted by Gasteiger charge is -2.09. The number of hydrogen-bond acceptors (Lipinski definition) is 6. The Labute approximate surface area is 125 Å². The molecular formula is C14H14N2O4S. The summed E-state index contributed by atoms with van der Waals surface area (Å²) in [4.78, 5) is 26.9. The highest BCUT2D eigenvalue weighted by atomic mass is 32.2. The molecule has 0 aliphatic heterocycles. The molecule has 0 bridgehead atoms. The van der Waals surface area contributed by atoms with Gasteiger partial charge in [0.25, 0.3) is 5.69 Å². The Bertz CT molecular complexity index is 688. The number of fused-ring (bicyclic) bond motifs is 1. The predicted molar refractivity (Wildman–Crippen MR) is 80.3 cm³/mol. The maximum Gasteiger partial charge on any atom is 0.316 e. The Morgan fingerprint density at radius 2 is 2.14 bits per heavy atom. The van der Waals surface area contributed by atoms with Crippen LogP contribution in [0.25, 0.3) is 10.8 Å². The first-order valence-electron chi connectivity index (χ1n) is 6.32. The van der Waals surface area contributed by atoms with Gasteiger partial charge in [-0.1, -0.05) is 0 Å². The predicted octanol–water partition coefficient (Wildman–Crippen LogP) is 3.19. The minimum Gasteiger partial charge on any atom is -0.462 e. The second-order valence-corrected chi connectivity index (χ2v) is 5.61. The Morgan fingerprint density at radius 3 is 2.81 bits per heavy atom. The van der Waals surface area contributed by atoms with Gasteiger partial charge in [0.05, 0.1) is 22.2 Å². The van der Waals surface area contributed by atoms with Crippen LogP contribution in [0.15, 0.2) is 35.5 Å². The van der Waals surface area contributed by atoms with Crippen LogP contribution in [-0.2, 0) is 9.53 Å². The fraction of sp³-hybridized carbons (Fsp3) is 0.286. The molecule has 0 fully saturated rings. The Morgan fingerprint density at radius 1 is 1.38 bits per heavy atom. The summed E-state index contributed by atoms with van der Waals surface area (Å²) in [6, 6.07) is 4.78. The molecule has 0 aliphatic rings. The molecule has 7 heteroatoms. The maximum atomic E-state index is 11.6. The molecule has 21 heavy (non-hydrogen) atoms. The number of carbonyl (C=O) groups excluding carboxylic acids is 1. The molecule has 1 heterocycles. The van der Waals surface area contributed by atoms with E-state index < -0.39 is 4.92 Å². The molecule has 1 aromatic carbocycles. The zero-order valence-corrected chi connectivity index (χ0v) is 12.4. The first-order chi connectivity index (χ1) is 9.99. The number of nitro benzene ring substituents is 1. The molecule has 0 radical (unpaired) electrons. The van der Waals surface area contributed by atoms with E-state index in [4.69, 9.17) is 4.74 Å². The smallest absolute Gasteiger partial charge is 0.316 e. The third-order valence-electron chi connectivity index (χ3n) is 2.66. The van der Waals surface area contributed by atoms with Crippen LogP contribution in [0.3, 0.4) is 0 Å². The van der Waals surface area contributed by atoms with Crippen molar-refractivity contribution in [3.8, 4) is 0 Å². The van der Waals surface area contributed by atoms with E-state index in [9.17, 15) is 14.9 Å². The van der Waals surface area contributed by atoms with Crippen LogP contribution in [-0.4, -0.2) is 27.7 Å². The molecule has 2 aromatic rings. The standard InChI is InChI=1S/C14H14N2O4S/c1-9(2)20-14(17)8-21-13-4-3-12(16(18)19)11-7-15-6-5-10(11)13/h3-7,9H,8H2,1-2H3. The first kappa shape index (κ1) is 15.2. The van der Waals surface area contributed by atoms with Crippen molar-refractivity contribution in [3.63, 3.8) is 0 Å². The Hall–Kier alpha value is -2.15. The highest BCUT2D eigenvalue weighted by molar-refractivity contribution is 8.00. The zero-order valence-electron chi connectivity index (χ0n) is 11.6. The van der Waals surface area contributed by atoms with Crippen molar-refractivity contribution in [2.45, 2.75) is 24.8 Å². The first-order valence-corrected chi connectivity index (χ1v) is 7.31. The number of nitro groups is 1. The number of carbonyl (C=O) groups is 1. The molecule has 110 valence electrons. The van der Waals surface area contributed by atoms with Gasteiger partial charge in [-0.2, -0.15) is 0 Å². The van der Waals surface area contributed by atoms with Gasteiger partial charge in [0.2, 0.25) is 0 Å². The summed E-state index contributed by atoms with van der Waals surface area (Å²) < 4.78 is 5.07. The van der Waals surface area contributed by atoms with Crippen LogP contribution in [0.2, 0.25) is 0 Å². The summed E-state index contributed by atoms with van der Waals surface area (Å²) in [5.41, 5.74) is 0.00667. The molecule has 2 rings (SSSR count). The van der Waals surface area contributed by atoms with Crippen LogP contribution in [0.4, 0.5) is 5.69 Å². The molecule has 0 amide bonds. The Kier molecular flexibility index (Phi) is 4.74. The minimum absolute atomic E-state index is 0.00667. The largest absolute Gasteiger partial charge is 0.462 e. The molecule has 0 atom stereocenters. The number of benzene rings is 1. The SMILES string of the molecule is CC(C)OC(=O)CSc1ccc([N+](=O)[O-])c2cnccc12. The number of ether oxygens (including phenoxy) is 1. The van der Waals surface area contributed by atoms with E-state index in [-0.39, 0.29) is 23.5 Å². The van der Waals surface area contributed by atoms with Crippen LogP contribution >= 0.6 is 11.8 Å². The second kappa shape index (κ2) is 6.53. The number of rotatable bonds is 5. The number of thioether (sulfide) groups is 1. The molecule has 0 N–H and O–H groups in total. The summed E-state index contributed by atoms with van der Waals surface area (Å²) in [6.07, 6.45) is 2.88. The van der Waals surface area contributed by atoms with E-state index in [1.807, 2.05) is 0 Å². The number of nitrogens with zero attached hydrogens (tertiary/aromatic N) is 2. The van der Waals surface area contributed by atoms with E-state index in [2.05, 4.69) is 4.98 Å². The van der Waals surface area contributed by atoms with Crippen LogP contribution in [0, 0.1) is 10.1 Å². The topological polar surface area (TPSA) is 82.3 Å².